The predicted molar refractivity (Wildman–Crippen MR) is 121 cm³/mol. The molecular formula is C25H32N4O2. The summed E-state index contributed by atoms with van der Waals surface area (Å²) in [6.07, 6.45) is 3.66. The van der Waals surface area contributed by atoms with Crippen molar-refractivity contribution < 1.29 is 0 Å². The highest BCUT2D eigenvalue weighted by Crippen LogP contribution is 2.36. The largest absolute Gasteiger partial charge is 0.312 e. The molecule has 2 aromatic rings. The molecule has 6 rings (SSSR count). The number of aromatic nitrogens is 2. The minimum absolute atomic E-state index is 0.167. The van der Waals surface area contributed by atoms with E-state index in [1.807, 2.05) is 21.3 Å². The van der Waals surface area contributed by atoms with Crippen molar-refractivity contribution in [3.8, 4) is 0 Å². The Morgan fingerprint density at radius 1 is 0.645 bits per heavy atom. The maximum Gasteiger partial charge on any atom is 0.250 e. The molecule has 2 saturated heterocycles. The van der Waals surface area contributed by atoms with Crippen LogP contribution < -0.4 is 11.1 Å². The van der Waals surface area contributed by atoms with Gasteiger partial charge in [-0.25, -0.2) is 0 Å². The molecule has 164 valence electrons. The molecule has 0 radical (unpaired) electrons. The number of hydrogen-bond donors (Lipinski definition) is 0. The monoisotopic (exact) mass is 420 g/mol. The number of piperidine rings is 2. The number of fused-ring (bicyclic) bond motifs is 8. The summed E-state index contributed by atoms with van der Waals surface area (Å²) in [7, 11) is 0. The summed E-state index contributed by atoms with van der Waals surface area (Å²) >= 11 is 0. The summed E-state index contributed by atoms with van der Waals surface area (Å²) in [5, 5.41) is 0. The highest BCUT2D eigenvalue weighted by Gasteiger charge is 2.36. The SMILES string of the molecule is O=c1cccc2n1C[C@H]1C[C@@H]2CN(CCCN2C[C@H]3C[C@@H](C2)c2cccc(=O)n2C3)C1. The van der Waals surface area contributed by atoms with Gasteiger partial charge in [-0.2, -0.15) is 0 Å². The Hall–Kier alpha value is -2.18. The zero-order chi connectivity index (χ0) is 20.9. The summed E-state index contributed by atoms with van der Waals surface area (Å²) in [5.41, 5.74) is 2.82. The molecular weight excluding hydrogens is 388 g/mol. The second-order valence-corrected chi connectivity index (χ2v) is 10.3. The second-order valence-electron chi connectivity index (χ2n) is 10.3. The second kappa shape index (κ2) is 7.75. The minimum atomic E-state index is 0.167. The first kappa shape index (κ1) is 19.5. The lowest BCUT2D eigenvalue weighted by Crippen LogP contribution is -2.49. The van der Waals surface area contributed by atoms with Crippen LogP contribution in [0.4, 0.5) is 0 Å². The normalized spacial score (nSPS) is 29.9. The molecule has 0 spiro atoms. The zero-order valence-corrected chi connectivity index (χ0v) is 18.2. The van der Waals surface area contributed by atoms with Crippen molar-refractivity contribution in [2.75, 3.05) is 39.3 Å². The molecule has 4 aliphatic rings. The van der Waals surface area contributed by atoms with Gasteiger partial charge >= 0.3 is 0 Å². The van der Waals surface area contributed by atoms with E-state index in [1.54, 1.807) is 12.1 Å². The van der Waals surface area contributed by atoms with Crippen LogP contribution in [0.5, 0.6) is 0 Å². The number of likely N-dealkylation sites (tertiary alicyclic amines) is 2. The van der Waals surface area contributed by atoms with Gasteiger partial charge in [-0.1, -0.05) is 12.1 Å². The quantitative estimate of drug-likeness (QED) is 0.759. The van der Waals surface area contributed by atoms with Crippen molar-refractivity contribution in [2.45, 2.75) is 44.2 Å². The first-order chi connectivity index (χ1) is 15.1. The Balaban J connectivity index is 1.06. The van der Waals surface area contributed by atoms with Crippen molar-refractivity contribution in [3.63, 3.8) is 0 Å². The lowest BCUT2D eigenvalue weighted by molar-refractivity contribution is 0.0963. The fraction of sp³-hybridized carbons (Fsp3) is 0.600. The third-order valence-electron chi connectivity index (χ3n) is 8.06. The van der Waals surface area contributed by atoms with Crippen LogP contribution in [0.15, 0.2) is 46.0 Å². The van der Waals surface area contributed by atoms with Gasteiger partial charge in [0.15, 0.2) is 0 Å². The van der Waals surface area contributed by atoms with E-state index in [2.05, 4.69) is 21.9 Å². The molecule has 0 aliphatic carbocycles. The average molecular weight is 421 g/mol. The highest BCUT2D eigenvalue weighted by atomic mass is 16.1. The van der Waals surface area contributed by atoms with E-state index in [4.69, 9.17) is 0 Å². The molecule has 2 fully saturated rings. The lowest BCUT2D eigenvalue weighted by Gasteiger charge is -2.44. The van der Waals surface area contributed by atoms with Crippen LogP contribution in [0, 0.1) is 11.8 Å². The molecule has 4 atom stereocenters. The van der Waals surface area contributed by atoms with Crippen molar-refractivity contribution in [3.05, 3.63) is 68.5 Å². The molecule has 0 saturated carbocycles. The van der Waals surface area contributed by atoms with E-state index in [9.17, 15) is 9.59 Å². The van der Waals surface area contributed by atoms with E-state index in [1.165, 1.54) is 30.7 Å². The van der Waals surface area contributed by atoms with Crippen LogP contribution in [-0.4, -0.2) is 58.2 Å². The molecule has 0 N–H and O–H groups in total. The number of hydrogen-bond acceptors (Lipinski definition) is 4. The smallest absolute Gasteiger partial charge is 0.250 e. The topological polar surface area (TPSA) is 50.5 Å². The maximum atomic E-state index is 12.2. The summed E-state index contributed by atoms with van der Waals surface area (Å²) < 4.78 is 4.04. The van der Waals surface area contributed by atoms with E-state index < -0.39 is 0 Å². The third-order valence-corrected chi connectivity index (χ3v) is 8.06. The lowest BCUT2D eigenvalue weighted by atomic mass is 9.82. The van der Waals surface area contributed by atoms with Crippen molar-refractivity contribution in [1.82, 2.24) is 18.9 Å². The van der Waals surface area contributed by atoms with Crippen LogP contribution >= 0.6 is 0 Å². The Kier molecular flexibility index (Phi) is 4.87. The standard InChI is InChI=1S/C25H32N4O2/c30-24-6-1-4-22-20-10-18(14-28(22)24)12-26(16-20)8-3-9-27-13-19-11-21(17-27)23-5-2-7-25(31)29(23)15-19/h1-2,4-7,18-21H,3,8-17H2/t18-,19+,20+,21-. The predicted octanol–water partition coefficient (Wildman–Crippen LogP) is 1.94. The third kappa shape index (κ3) is 3.60. The van der Waals surface area contributed by atoms with Crippen LogP contribution in [0.2, 0.25) is 0 Å². The van der Waals surface area contributed by atoms with Gasteiger partial charge in [0.1, 0.15) is 0 Å². The van der Waals surface area contributed by atoms with E-state index in [0.717, 1.165) is 52.4 Å². The first-order valence-electron chi connectivity index (χ1n) is 12.0. The fourth-order valence-electron chi connectivity index (χ4n) is 6.87. The Morgan fingerprint density at radius 2 is 1.13 bits per heavy atom. The van der Waals surface area contributed by atoms with E-state index >= 15 is 0 Å². The van der Waals surface area contributed by atoms with Crippen molar-refractivity contribution in [1.29, 1.82) is 0 Å². The molecule has 4 bridgehead atoms. The first-order valence-corrected chi connectivity index (χ1v) is 12.0. The van der Waals surface area contributed by atoms with Gasteiger partial charge in [0, 0.05) is 74.6 Å². The van der Waals surface area contributed by atoms with Gasteiger partial charge in [-0.15, -0.1) is 0 Å². The molecule has 6 heteroatoms. The average Bonchev–Trinajstić information content (AvgIpc) is 2.75. The zero-order valence-electron chi connectivity index (χ0n) is 18.2. The molecule has 0 aromatic carbocycles. The van der Waals surface area contributed by atoms with Gasteiger partial charge in [-0.05, 0) is 56.3 Å². The molecule has 2 aromatic heterocycles. The van der Waals surface area contributed by atoms with Gasteiger partial charge in [0.05, 0.1) is 0 Å². The summed E-state index contributed by atoms with van der Waals surface area (Å²) in [5.74, 6) is 2.22. The Morgan fingerprint density at radius 3 is 1.61 bits per heavy atom. The fourth-order valence-corrected chi connectivity index (χ4v) is 6.87. The van der Waals surface area contributed by atoms with Crippen LogP contribution in [0.1, 0.15) is 42.5 Å². The van der Waals surface area contributed by atoms with Gasteiger partial charge in [0.25, 0.3) is 11.1 Å². The van der Waals surface area contributed by atoms with E-state index in [0.29, 0.717) is 23.7 Å². The van der Waals surface area contributed by atoms with Crippen LogP contribution in [-0.2, 0) is 13.1 Å². The highest BCUT2D eigenvalue weighted by molar-refractivity contribution is 5.18. The molecule has 31 heavy (non-hydrogen) atoms. The van der Waals surface area contributed by atoms with Crippen molar-refractivity contribution in [2.24, 2.45) is 11.8 Å². The molecule has 6 heterocycles. The maximum absolute atomic E-state index is 12.2. The number of pyridine rings is 2. The van der Waals surface area contributed by atoms with Crippen molar-refractivity contribution >= 4 is 0 Å². The number of nitrogens with zero attached hydrogens (tertiary/aromatic N) is 4. The summed E-state index contributed by atoms with van der Waals surface area (Å²) in [6, 6.07) is 11.6. The molecule has 6 nitrogen and oxygen atoms in total. The van der Waals surface area contributed by atoms with E-state index in [-0.39, 0.29) is 11.1 Å². The Bertz CT molecular complexity index is 1000. The molecule has 4 aliphatic heterocycles. The summed E-state index contributed by atoms with van der Waals surface area (Å²) in [4.78, 5) is 29.7. The van der Waals surface area contributed by atoms with Gasteiger partial charge in [-0.3, -0.25) is 9.59 Å². The summed E-state index contributed by atoms with van der Waals surface area (Å²) in [6.45, 7) is 8.48. The van der Waals surface area contributed by atoms with Gasteiger partial charge < -0.3 is 18.9 Å². The Labute approximate surface area is 183 Å². The molecule has 0 amide bonds. The number of rotatable bonds is 4. The van der Waals surface area contributed by atoms with Gasteiger partial charge in [0.2, 0.25) is 0 Å². The molecule has 0 unspecified atom stereocenters. The minimum Gasteiger partial charge on any atom is -0.312 e. The van der Waals surface area contributed by atoms with Crippen LogP contribution in [0.3, 0.4) is 0 Å². The van der Waals surface area contributed by atoms with Crippen LogP contribution in [0.25, 0.3) is 0 Å².